The van der Waals surface area contributed by atoms with Gasteiger partial charge in [-0.2, -0.15) is 0 Å². The van der Waals surface area contributed by atoms with Gasteiger partial charge in [-0.25, -0.2) is 9.59 Å². The van der Waals surface area contributed by atoms with Crippen LogP contribution in [0, 0.1) is 0 Å². The number of carboxylic acid groups (broad SMARTS) is 1. The van der Waals surface area contributed by atoms with E-state index in [-0.39, 0.29) is 36.0 Å². The highest BCUT2D eigenvalue weighted by atomic mass is 32.2. The summed E-state index contributed by atoms with van der Waals surface area (Å²) >= 11 is 1.62. The van der Waals surface area contributed by atoms with Crippen molar-refractivity contribution in [3.8, 4) is 5.75 Å². The van der Waals surface area contributed by atoms with Gasteiger partial charge in [0.15, 0.2) is 0 Å². The molecule has 0 spiro atoms. The Morgan fingerprint density at radius 3 is 2.26 bits per heavy atom. The van der Waals surface area contributed by atoms with E-state index >= 15 is 0 Å². The molecule has 1 aromatic rings. The summed E-state index contributed by atoms with van der Waals surface area (Å²) in [6.45, 7) is 6.50. The summed E-state index contributed by atoms with van der Waals surface area (Å²) in [6.07, 6.45) is 1.46. The highest BCUT2D eigenvalue weighted by molar-refractivity contribution is 8.01. The highest BCUT2D eigenvalue weighted by Gasteiger charge is 2.34. The molecule has 9 heteroatoms. The minimum absolute atomic E-state index is 0.0359. The fourth-order valence-corrected chi connectivity index (χ4v) is 3.75. The van der Waals surface area contributed by atoms with Crippen molar-refractivity contribution < 1.29 is 24.6 Å². The SMILES string of the molecule is CCSC(CC)(CC)C(=O)NCCNC(=O)Nc1ccc(O)c(C(=O)O)c1. The average molecular weight is 397 g/mol. The van der Waals surface area contributed by atoms with Gasteiger partial charge in [-0.3, -0.25) is 4.79 Å². The van der Waals surface area contributed by atoms with E-state index in [1.165, 1.54) is 12.1 Å². The number of hydrogen-bond donors (Lipinski definition) is 5. The second kappa shape index (κ2) is 10.7. The van der Waals surface area contributed by atoms with Crippen LogP contribution < -0.4 is 16.0 Å². The number of aromatic carboxylic acids is 1. The highest BCUT2D eigenvalue weighted by Crippen LogP contribution is 2.32. The lowest BCUT2D eigenvalue weighted by atomic mass is 10.0. The summed E-state index contributed by atoms with van der Waals surface area (Å²) in [7, 11) is 0. The third kappa shape index (κ3) is 6.35. The lowest BCUT2D eigenvalue weighted by molar-refractivity contribution is -0.123. The molecule has 0 radical (unpaired) electrons. The second-order valence-electron chi connectivity index (χ2n) is 5.81. The lowest BCUT2D eigenvalue weighted by Gasteiger charge is -2.29. The van der Waals surface area contributed by atoms with Gasteiger partial charge >= 0.3 is 12.0 Å². The third-order valence-corrected chi connectivity index (χ3v) is 5.76. The summed E-state index contributed by atoms with van der Waals surface area (Å²) < 4.78 is -0.448. The van der Waals surface area contributed by atoms with Gasteiger partial charge in [-0.1, -0.05) is 20.8 Å². The average Bonchev–Trinajstić information content (AvgIpc) is 2.64. The molecule has 0 aromatic heterocycles. The standard InChI is InChI=1S/C18H27N3O5S/c1-4-18(5-2,27-6-3)16(25)19-9-10-20-17(26)21-12-7-8-14(22)13(11-12)15(23)24/h7-8,11,22H,4-6,9-10H2,1-3H3,(H,19,25)(H,23,24)(H2,20,21,26). The van der Waals surface area contributed by atoms with E-state index in [0.717, 1.165) is 24.7 Å². The maximum atomic E-state index is 12.4. The van der Waals surface area contributed by atoms with Gasteiger partial charge in [-0.15, -0.1) is 11.8 Å². The van der Waals surface area contributed by atoms with Gasteiger partial charge in [0.25, 0.3) is 0 Å². The van der Waals surface area contributed by atoms with Crippen molar-refractivity contribution >= 4 is 35.4 Å². The molecule has 0 unspecified atom stereocenters. The number of hydrogen-bond acceptors (Lipinski definition) is 5. The van der Waals surface area contributed by atoms with Gasteiger partial charge in [0.1, 0.15) is 11.3 Å². The first kappa shape index (κ1) is 22.6. The van der Waals surface area contributed by atoms with Gasteiger partial charge in [0.05, 0.1) is 4.75 Å². The van der Waals surface area contributed by atoms with Gasteiger partial charge in [0, 0.05) is 18.8 Å². The van der Waals surface area contributed by atoms with Crippen LogP contribution in [0.3, 0.4) is 0 Å². The van der Waals surface area contributed by atoms with Crippen molar-refractivity contribution in [2.45, 2.75) is 38.4 Å². The molecule has 1 rings (SSSR count). The van der Waals surface area contributed by atoms with E-state index in [0.29, 0.717) is 0 Å². The quantitative estimate of drug-likeness (QED) is 0.305. The zero-order valence-corrected chi connectivity index (χ0v) is 16.6. The maximum absolute atomic E-state index is 12.4. The van der Waals surface area contributed by atoms with Crippen LogP contribution in [0.1, 0.15) is 44.0 Å². The number of carbonyl (C=O) groups is 3. The van der Waals surface area contributed by atoms with Crippen LogP contribution in [0.15, 0.2) is 18.2 Å². The first-order chi connectivity index (χ1) is 12.8. The Kier molecular flexibility index (Phi) is 8.93. The number of benzene rings is 1. The van der Waals surface area contributed by atoms with Gasteiger partial charge < -0.3 is 26.2 Å². The fraction of sp³-hybridized carbons (Fsp3) is 0.500. The van der Waals surface area contributed by atoms with Gasteiger partial charge in [0.2, 0.25) is 5.91 Å². The molecule has 0 heterocycles. The molecular weight excluding hydrogens is 370 g/mol. The summed E-state index contributed by atoms with van der Waals surface area (Å²) in [5.74, 6) is -0.858. The molecule has 0 fully saturated rings. The number of urea groups is 1. The van der Waals surface area contributed by atoms with Crippen LogP contribution in [0.25, 0.3) is 0 Å². The monoisotopic (exact) mass is 397 g/mol. The maximum Gasteiger partial charge on any atom is 0.339 e. The molecule has 0 aliphatic carbocycles. The molecule has 0 atom stereocenters. The molecule has 0 bridgehead atoms. The number of rotatable bonds is 10. The van der Waals surface area contributed by atoms with Crippen LogP contribution in [0.4, 0.5) is 10.5 Å². The molecule has 27 heavy (non-hydrogen) atoms. The molecule has 1 aromatic carbocycles. The number of carbonyl (C=O) groups excluding carboxylic acids is 2. The molecule has 3 amide bonds. The number of amides is 3. The molecule has 0 aliphatic heterocycles. The Morgan fingerprint density at radius 1 is 1.07 bits per heavy atom. The van der Waals surface area contributed by atoms with E-state index in [2.05, 4.69) is 16.0 Å². The summed E-state index contributed by atoms with van der Waals surface area (Å²) in [6, 6.07) is 3.21. The predicted octanol–water partition coefficient (Wildman–Crippen LogP) is 2.64. The van der Waals surface area contributed by atoms with Crippen LogP contribution in [0.5, 0.6) is 5.75 Å². The first-order valence-corrected chi connectivity index (χ1v) is 9.81. The summed E-state index contributed by atoms with van der Waals surface area (Å²) in [4.78, 5) is 35.3. The Hall–Kier alpha value is -2.42. The summed E-state index contributed by atoms with van der Waals surface area (Å²) in [5, 5.41) is 26.3. The number of phenols is 1. The topological polar surface area (TPSA) is 128 Å². The zero-order valence-electron chi connectivity index (χ0n) is 15.8. The van der Waals surface area contributed by atoms with Crippen molar-refractivity contribution in [1.29, 1.82) is 0 Å². The Labute approximate surface area is 163 Å². The van der Waals surface area contributed by atoms with Crippen molar-refractivity contribution in [3.05, 3.63) is 23.8 Å². The van der Waals surface area contributed by atoms with E-state index < -0.39 is 16.7 Å². The third-order valence-electron chi connectivity index (χ3n) is 4.16. The van der Waals surface area contributed by atoms with Crippen LogP contribution in [-0.2, 0) is 4.79 Å². The smallest absolute Gasteiger partial charge is 0.339 e. The van der Waals surface area contributed by atoms with E-state index in [1.54, 1.807) is 11.8 Å². The molecule has 5 N–H and O–H groups in total. The minimum Gasteiger partial charge on any atom is -0.507 e. The fourth-order valence-electron chi connectivity index (χ4n) is 2.59. The summed E-state index contributed by atoms with van der Waals surface area (Å²) in [5.41, 5.74) is -0.0639. The molecule has 0 saturated heterocycles. The zero-order chi connectivity index (χ0) is 20.4. The van der Waals surface area contributed by atoms with Gasteiger partial charge in [-0.05, 0) is 36.8 Å². The normalized spacial score (nSPS) is 10.9. The molecular formula is C18H27N3O5S. The molecule has 0 saturated carbocycles. The first-order valence-electron chi connectivity index (χ1n) is 8.83. The van der Waals surface area contributed by atoms with Crippen molar-refractivity contribution in [3.63, 3.8) is 0 Å². The van der Waals surface area contributed by atoms with Crippen LogP contribution in [-0.4, -0.2) is 51.7 Å². The Balaban J connectivity index is 2.49. The molecule has 0 aliphatic rings. The number of nitrogens with one attached hydrogen (secondary N) is 3. The number of aromatic hydroxyl groups is 1. The lowest BCUT2D eigenvalue weighted by Crippen LogP contribution is -2.46. The van der Waals surface area contributed by atoms with E-state index in [1.807, 2.05) is 20.8 Å². The van der Waals surface area contributed by atoms with Crippen molar-refractivity contribution in [2.24, 2.45) is 0 Å². The van der Waals surface area contributed by atoms with E-state index in [9.17, 15) is 19.5 Å². The number of anilines is 1. The van der Waals surface area contributed by atoms with E-state index in [4.69, 9.17) is 5.11 Å². The number of carboxylic acids is 1. The number of thioether (sulfide) groups is 1. The van der Waals surface area contributed by atoms with Crippen molar-refractivity contribution in [1.82, 2.24) is 10.6 Å². The molecule has 8 nitrogen and oxygen atoms in total. The second-order valence-corrected chi connectivity index (χ2v) is 7.46. The van der Waals surface area contributed by atoms with Crippen LogP contribution >= 0.6 is 11.8 Å². The predicted molar refractivity (Wildman–Crippen MR) is 107 cm³/mol. The Bertz CT molecular complexity index is 677. The van der Waals surface area contributed by atoms with Crippen LogP contribution in [0.2, 0.25) is 0 Å². The van der Waals surface area contributed by atoms with Crippen molar-refractivity contribution in [2.75, 3.05) is 24.2 Å². The Morgan fingerprint density at radius 2 is 1.70 bits per heavy atom. The largest absolute Gasteiger partial charge is 0.507 e. The molecule has 150 valence electrons. The minimum atomic E-state index is -1.29.